The Hall–Kier alpha value is -4.04. The van der Waals surface area contributed by atoms with E-state index in [0.717, 1.165) is 5.56 Å². The number of halogens is 1. The van der Waals surface area contributed by atoms with Crippen molar-refractivity contribution in [2.75, 3.05) is 25.6 Å². The van der Waals surface area contributed by atoms with Gasteiger partial charge in [-0.05, 0) is 67.4 Å². The smallest absolute Gasteiger partial charge is 0.271 e. The van der Waals surface area contributed by atoms with Crippen LogP contribution in [0.2, 0.25) is 5.02 Å². The number of rotatable bonds is 10. The van der Waals surface area contributed by atoms with E-state index in [4.69, 9.17) is 25.8 Å². The van der Waals surface area contributed by atoms with Crippen LogP contribution in [0.15, 0.2) is 65.8 Å². The number of amides is 2. The molecule has 2 N–H and O–H groups in total. The molecule has 0 saturated heterocycles. The van der Waals surface area contributed by atoms with Crippen molar-refractivity contribution >= 4 is 35.3 Å². The highest BCUT2D eigenvalue weighted by molar-refractivity contribution is 6.31. The SMILES string of the molecule is CCOc1cc(C(=O)N/N=C/c2cccc(OCC(=O)Nc3ccc(C)c(Cl)c3)c2)ccc1OC. The van der Waals surface area contributed by atoms with Crippen molar-refractivity contribution in [2.24, 2.45) is 5.10 Å². The van der Waals surface area contributed by atoms with Crippen LogP contribution in [0.1, 0.15) is 28.4 Å². The summed E-state index contributed by atoms with van der Waals surface area (Å²) in [7, 11) is 1.53. The number of ether oxygens (including phenoxy) is 3. The number of aryl methyl sites for hydroxylation is 1. The Morgan fingerprint density at radius 1 is 1.03 bits per heavy atom. The minimum Gasteiger partial charge on any atom is -0.493 e. The van der Waals surface area contributed by atoms with Gasteiger partial charge < -0.3 is 19.5 Å². The van der Waals surface area contributed by atoms with Crippen LogP contribution in [0.3, 0.4) is 0 Å². The van der Waals surface area contributed by atoms with Gasteiger partial charge in [0.2, 0.25) is 0 Å². The lowest BCUT2D eigenvalue weighted by molar-refractivity contribution is -0.118. The molecular formula is C26H26ClN3O5. The molecule has 0 aliphatic rings. The summed E-state index contributed by atoms with van der Waals surface area (Å²) in [5.41, 5.74) is 5.06. The maximum atomic E-state index is 12.4. The average Bonchev–Trinajstić information content (AvgIpc) is 2.85. The summed E-state index contributed by atoms with van der Waals surface area (Å²) in [6.07, 6.45) is 1.48. The maximum Gasteiger partial charge on any atom is 0.271 e. The fourth-order valence-electron chi connectivity index (χ4n) is 3.02. The van der Waals surface area contributed by atoms with E-state index < -0.39 is 5.91 Å². The molecule has 0 aromatic heterocycles. The molecule has 182 valence electrons. The van der Waals surface area contributed by atoms with Crippen molar-refractivity contribution in [3.05, 3.63) is 82.4 Å². The van der Waals surface area contributed by atoms with Gasteiger partial charge in [0.15, 0.2) is 18.1 Å². The van der Waals surface area contributed by atoms with E-state index in [-0.39, 0.29) is 12.5 Å². The van der Waals surface area contributed by atoms with Crippen LogP contribution in [-0.2, 0) is 4.79 Å². The van der Waals surface area contributed by atoms with Gasteiger partial charge in [0.1, 0.15) is 5.75 Å². The summed E-state index contributed by atoms with van der Waals surface area (Å²) in [5.74, 6) is 0.784. The van der Waals surface area contributed by atoms with E-state index in [1.807, 2.05) is 19.9 Å². The maximum absolute atomic E-state index is 12.4. The molecule has 3 aromatic rings. The lowest BCUT2D eigenvalue weighted by atomic mass is 10.2. The number of hydrogen-bond acceptors (Lipinski definition) is 6. The summed E-state index contributed by atoms with van der Waals surface area (Å²) in [6.45, 7) is 4.00. The van der Waals surface area contributed by atoms with Crippen LogP contribution in [0.4, 0.5) is 5.69 Å². The van der Waals surface area contributed by atoms with E-state index in [1.165, 1.54) is 13.3 Å². The highest BCUT2D eigenvalue weighted by Crippen LogP contribution is 2.28. The van der Waals surface area contributed by atoms with Gasteiger partial charge in [-0.3, -0.25) is 9.59 Å². The lowest BCUT2D eigenvalue weighted by Gasteiger charge is -2.10. The minimum absolute atomic E-state index is 0.178. The van der Waals surface area contributed by atoms with Crippen molar-refractivity contribution in [2.45, 2.75) is 13.8 Å². The standard InChI is InChI=1S/C26H26ClN3O5/c1-4-34-24-13-19(9-11-23(24)33-3)26(32)30-28-15-18-6-5-7-21(12-18)35-16-25(31)29-20-10-8-17(2)22(27)14-20/h5-15H,4,16H2,1-3H3,(H,29,31)(H,30,32)/b28-15+. The number of hydrazone groups is 1. The van der Waals surface area contributed by atoms with Gasteiger partial charge in [-0.15, -0.1) is 0 Å². The van der Waals surface area contributed by atoms with Crippen molar-refractivity contribution < 1.29 is 23.8 Å². The van der Waals surface area contributed by atoms with E-state index in [9.17, 15) is 9.59 Å². The molecule has 9 heteroatoms. The van der Waals surface area contributed by atoms with Crippen molar-refractivity contribution in [3.63, 3.8) is 0 Å². The van der Waals surface area contributed by atoms with Gasteiger partial charge >= 0.3 is 0 Å². The van der Waals surface area contributed by atoms with Gasteiger partial charge in [-0.2, -0.15) is 5.10 Å². The zero-order chi connectivity index (χ0) is 25.2. The third-order valence-electron chi connectivity index (χ3n) is 4.79. The highest BCUT2D eigenvalue weighted by Gasteiger charge is 2.11. The molecule has 35 heavy (non-hydrogen) atoms. The first-order valence-corrected chi connectivity index (χ1v) is 11.2. The van der Waals surface area contributed by atoms with Crippen LogP contribution in [-0.4, -0.2) is 38.4 Å². The van der Waals surface area contributed by atoms with E-state index in [2.05, 4.69) is 15.8 Å². The molecular weight excluding hydrogens is 470 g/mol. The average molecular weight is 496 g/mol. The number of nitrogens with one attached hydrogen (secondary N) is 2. The Bertz CT molecular complexity index is 1230. The molecule has 0 bridgehead atoms. The van der Waals surface area contributed by atoms with Crippen LogP contribution < -0.4 is 25.0 Å². The van der Waals surface area contributed by atoms with Crippen LogP contribution in [0.25, 0.3) is 0 Å². The zero-order valence-corrected chi connectivity index (χ0v) is 20.4. The van der Waals surface area contributed by atoms with E-state index in [0.29, 0.717) is 45.7 Å². The third kappa shape index (κ3) is 7.48. The minimum atomic E-state index is -0.398. The van der Waals surface area contributed by atoms with Gasteiger partial charge in [-0.25, -0.2) is 5.43 Å². The summed E-state index contributed by atoms with van der Waals surface area (Å²) < 4.78 is 16.3. The molecule has 8 nitrogen and oxygen atoms in total. The van der Waals surface area contributed by atoms with E-state index >= 15 is 0 Å². The molecule has 0 atom stereocenters. The first-order chi connectivity index (χ1) is 16.9. The number of carbonyl (C=O) groups is 2. The highest BCUT2D eigenvalue weighted by atomic mass is 35.5. The van der Waals surface area contributed by atoms with E-state index in [1.54, 1.807) is 54.6 Å². The molecule has 0 aliphatic carbocycles. The largest absolute Gasteiger partial charge is 0.493 e. The number of nitrogens with zero attached hydrogens (tertiary/aromatic N) is 1. The summed E-state index contributed by atoms with van der Waals surface area (Å²) in [5, 5.41) is 7.31. The van der Waals surface area contributed by atoms with Crippen LogP contribution in [0.5, 0.6) is 17.2 Å². The molecule has 0 saturated carbocycles. The number of carbonyl (C=O) groups excluding carboxylic acids is 2. The second kappa shape index (κ2) is 12.4. The van der Waals surface area contributed by atoms with Crippen LogP contribution in [0, 0.1) is 6.92 Å². The summed E-state index contributed by atoms with van der Waals surface area (Å²) in [4.78, 5) is 24.6. The van der Waals surface area contributed by atoms with Crippen molar-refractivity contribution in [1.82, 2.24) is 5.43 Å². The number of benzene rings is 3. The number of anilines is 1. The Morgan fingerprint density at radius 3 is 2.60 bits per heavy atom. The Labute approximate surface area is 208 Å². The quantitative estimate of drug-likeness (QED) is 0.310. The molecule has 0 fully saturated rings. The van der Waals surface area contributed by atoms with Gasteiger partial charge in [0.25, 0.3) is 11.8 Å². The summed E-state index contributed by atoms with van der Waals surface area (Å²) >= 11 is 6.08. The topological polar surface area (TPSA) is 98.3 Å². The number of hydrogen-bond donors (Lipinski definition) is 2. The normalized spacial score (nSPS) is 10.6. The predicted octanol–water partition coefficient (Wildman–Crippen LogP) is 4.84. The molecule has 0 unspecified atom stereocenters. The van der Waals surface area contributed by atoms with Crippen LogP contribution >= 0.6 is 11.6 Å². The Morgan fingerprint density at radius 2 is 1.86 bits per heavy atom. The molecule has 0 aliphatic heterocycles. The van der Waals surface area contributed by atoms with Crippen molar-refractivity contribution in [3.8, 4) is 17.2 Å². The second-order valence-corrected chi connectivity index (χ2v) is 7.78. The third-order valence-corrected chi connectivity index (χ3v) is 5.20. The van der Waals surface area contributed by atoms with Gasteiger partial charge in [0.05, 0.1) is 19.9 Å². The van der Waals surface area contributed by atoms with Gasteiger partial charge in [0, 0.05) is 16.3 Å². The first kappa shape index (κ1) is 25.6. The Kier molecular flexibility index (Phi) is 9.09. The number of methoxy groups -OCH3 is 1. The molecule has 0 radical (unpaired) electrons. The zero-order valence-electron chi connectivity index (χ0n) is 19.6. The summed E-state index contributed by atoms with van der Waals surface area (Å²) in [6, 6.07) is 17.1. The molecule has 0 heterocycles. The molecule has 2 amide bonds. The fourth-order valence-corrected chi connectivity index (χ4v) is 3.20. The predicted molar refractivity (Wildman–Crippen MR) is 136 cm³/mol. The second-order valence-electron chi connectivity index (χ2n) is 7.37. The lowest BCUT2D eigenvalue weighted by Crippen LogP contribution is -2.20. The van der Waals surface area contributed by atoms with Gasteiger partial charge in [-0.1, -0.05) is 29.8 Å². The molecule has 3 rings (SSSR count). The first-order valence-electron chi connectivity index (χ1n) is 10.8. The monoisotopic (exact) mass is 495 g/mol. The van der Waals surface area contributed by atoms with Crippen molar-refractivity contribution in [1.29, 1.82) is 0 Å². The Balaban J connectivity index is 1.54. The fraction of sp³-hybridized carbons (Fsp3) is 0.192. The molecule has 0 spiro atoms. The molecule has 3 aromatic carbocycles.